The third-order valence-corrected chi connectivity index (χ3v) is 2.73. The lowest BCUT2D eigenvalue weighted by molar-refractivity contribution is -0.149. The second kappa shape index (κ2) is 5.66. The second-order valence-electron chi connectivity index (χ2n) is 4.15. The molecule has 98 valence electrons. The molecule has 7 heteroatoms. The van der Waals surface area contributed by atoms with E-state index in [1.54, 1.807) is 0 Å². The van der Waals surface area contributed by atoms with Gasteiger partial charge in [0.1, 0.15) is 0 Å². The van der Waals surface area contributed by atoms with Gasteiger partial charge in [0.25, 0.3) is 0 Å². The minimum absolute atomic E-state index is 0.0880. The lowest BCUT2D eigenvalue weighted by Crippen LogP contribution is -2.36. The molecule has 1 aliphatic rings. The van der Waals surface area contributed by atoms with E-state index in [0.29, 0.717) is 13.0 Å². The summed E-state index contributed by atoms with van der Waals surface area (Å²) in [4.78, 5) is 13.4. The molecule has 2 N–H and O–H groups in total. The smallest absolute Gasteiger partial charge is 0.389 e. The number of nitrogens with zero attached hydrogens (tertiary/aromatic N) is 1. The number of carbonyl (C=O) groups excluding carboxylic acids is 1. The average molecular weight is 268 g/mol. The van der Waals surface area contributed by atoms with E-state index in [1.165, 1.54) is 4.90 Å². The van der Waals surface area contributed by atoms with Crippen molar-refractivity contribution < 1.29 is 18.0 Å². The summed E-state index contributed by atoms with van der Waals surface area (Å²) in [6.45, 7) is 0.330. The first kappa shape index (κ1) is 14.2. The van der Waals surface area contributed by atoms with Crippen LogP contribution in [-0.4, -0.2) is 34.6 Å². The molecule has 0 heterocycles. The molecular formula is C10H15F3N2OS. The maximum atomic E-state index is 12.0. The van der Waals surface area contributed by atoms with E-state index in [2.05, 4.69) is 0 Å². The van der Waals surface area contributed by atoms with Gasteiger partial charge in [-0.15, -0.1) is 0 Å². The van der Waals surface area contributed by atoms with Gasteiger partial charge in [0, 0.05) is 25.4 Å². The highest BCUT2D eigenvalue weighted by Crippen LogP contribution is 2.29. The number of halogens is 3. The number of thiocarbonyl (C=S) groups is 1. The maximum absolute atomic E-state index is 12.0. The van der Waals surface area contributed by atoms with Crippen molar-refractivity contribution in [3.05, 3.63) is 0 Å². The van der Waals surface area contributed by atoms with Gasteiger partial charge in [0.2, 0.25) is 5.91 Å². The van der Waals surface area contributed by atoms with Crippen LogP contribution < -0.4 is 5.73 Å². The van der Waals surface area contributed by atoms with Gasteiger partial charge in [-0.3, -0.25) is 4.79 Å². The van der Waals surface area contributed by atoms with Gasteiger partial charge in [0.15, 0.2) is 0 Å². The lowest BCUT2D eigenvalue weighted by atomic mass is 10.2. The molecular weight excluding hydrogens is 253 g/mol. The van der Waals surface area contributed by atoms with Crippen LogP contribution in [0.2, 0.25) is 0 Å². The van der Waals surface area contributed by atoms with Crippen molar-refractivity contribution in [1.82, 2.24) is 4.90 Å². The van der Waals surface area contributed by atoms with Crippen LogP contribution >= 0.6 is 12.2 Å². The molecule has 1 fully saturated rings. The number of hydrogen-bond donors (Lipinski definition) is 1. The van der Waals surface area contributed by atoms with Crippen LogP contribution in [0.4, 0.5) is 13.2 Å². The third-order valence-electron chi connectivity index (χ3n) is 2.53. The summed E-state index contributed by atoms with van der Waals surface area (Å²) in [6, 6.07) is 0.0880. The van der Waals surface area contributed by atoms with Crippen LogP contribution in [0.15, 0.2) is 0 Å². The fraction of sp³-hybridized carbons (Fsp3) is 0.800. The molecule has 0 radical (unpaired) electrons. The van der Waals surface area contributed by atoms with Crippen molar-refractivity contribution in [3.8, 4) is 0 Å². The van der Waals surface area contributed by atoms with Crippen LogP contribution in [0.3, 0.4) is 0 Å². The molecule has 0 aromatic rings. The fourth-order valence-electron chi connectivity index (χ4n) is 1.52. The van der Waals surface area contributed by atoms with Gasteiger partial charge in [-0.2, -0.15) is 13.2 Å². The Morgan fingerprint density at radius 3 is 2.35 bits per heavy atom. The number of amides is 1. The third kappa shape index (κ3) is 5.86. The SMILES string of the molecule is NC(=S)CCN(C(=O)CCC(F)(F)F)C1CC1. The Kier molecular flexibility index (Phi) is 4.73. The fourth-order valence-corrected chi connectivity index (χ4v) is 1.61. The number of carbonyl (C=O) groups is 1. The molecule has 0 aromatic heterocycles. The molecule has 0 bridgehead atoms. The number of alkyl halides is 3. The van der Waals surface area contributed by atoms with Crippen molar-refractivity contribution in [3.63, 3.8) is 0 Å². The predicted octanol–water partition coefficient (Wildman–Crippen LogP) is 2.00. The zero-order chi connectivity index (χ0) is 13.1. The van der Waals surface area contributed by atoms with Gasteiger partial charge in [-0.25, -0.2) is 0 Å². The zero-order valence-electron chi connectivity index (χ0n) is 9.29. The van der Waals surface area contributed by atoms with Gasteiger partial charge in [0.05, 0.1) is 11.4 Å². The number of rotatable bonds is 6. The van der Waals surface area contributed by atoms with Crippen molar-refractivity contribution in [1.29, 1.82) is 0 Å². The first-order chi connectivity index (χ1) is 7.79. The quantitative estimate of drug-likeness (QED) is 0.749. The summed E-state index contributed by atoms with van der Waals surface area (Å²) in [7, 11) is 0. The predicted molar refractivity (Wildman–Crippen MR) is 61.4 cm³/mol. The lowest BCUT2D eigenvalue weighted by Gasteiger charge is -2.22. The van der Waals surface area contributed by atoms with Crippen LogP contribution in [0, 0.1) is 0 Å². The Hall–Kier alpha value is -0.850. The van der Waals surface area contributed by atoms with E-state index in [9.17, 15) is 18.0 Å². The molecule has 0 aromatic carbocycles. The molecule has 0 unspecified atom stereocenters. The molecule has 0 atom stereocenters. The van der Waals surface area contributed by atoms with E-state index in [0.717, 1.165) is 12.8 Å². The minimum Gasteiger partial charge on any atom is -0.393 e. The van der Waals surface area contributed by atoms with Crippen LogP contribution in [0.5, 0.6) is 0 Å². The molecule has 1 aliphatic carbocycles. The monoisotopic (exact) mass is 268 g/mol. The maximum Gasteiger partial charge on any atom is 0.389 e. The Balaban J connectivity index is 2.41. The first-order valence-electron chi connectivity index (χ1n) is 5.44. The van der Waals surface area contributed by atoms with E-state index in [1.807, 2.05) is 0 Å². The molecule has 0 aliphatic heterocycles. The summed E-state index contributed by atoms with van der Waals surface area (Å²) < 4.78 is 36.0. The molecule has 0 spiro atoms. The molecule has 1 amide bonds. The largest absolute Gasteiger partial charge is 0.393 e. The molecule has 17 heavy (non-hydrogen) atoms. The summed E-state index contributed by atoms with van der Waals surface area (Å²) in [5, 5.41) is 0. The molecule has 1 saturated carbocycles. The minimum atomic E-state index is -4.28. The highest BCUT2D eigenvalue weighted by Gasteiger charge is 2.34. The summed E-state index contributed by atoms with van der Waals surface area (Å²) in [5.74, 6) is -0.457. The Morgan fingerprint density at radius 2 is 1.94 bits per heavy atom. The topological polar surface area (TPSA) is 46.3 Å². The van der Waals surface area contributed by atoms with E-state index in [-0.39, 0.29) is 11.0 Å². The van der Waals surface area contributed by atoms with E-state index in [4.69, 9.17) is 18.0 Å². The zero-order valence-corrected chi connectivity index (χ0v) is 10.1. The van der Waals surface area contributed by atoms with Gasteiger partial charge >= 0.3 is 6.18 Å². The average Bonchev–Trinajstić information content (AvgIpc) is 2.97. The van der Waals surface area contributed by atoms with Crippen molar-refractivity contribution in [2.45, 2.75) is 44.3 Å². The van der Waals surface area contributed by atoms with Crippen molar-refractivity contribution in [2.75, 3.05) is 6.54 Å². The van der Waals surface area contributed by atoms with Gasteiger partial charge < -0.3 is 10.6 Å². The van der Waals surface area contributed by atoms with Crippen molar-refractivity contribution >= 4 is 23.1 Å². The molecule has 3 nitrogen and oxygen atoms in total. The van der Waals surface area contributed by atoms with Crippen LogP contribution in [-0.2, 0) is 4.79 Å². The highest BCUT2D eigenvalue weighted by atomic mass is 32.1. The Morgan fingerprint density at radius 1 is 1.35 bits per heavy atom. The first-order valence-corrected chi connectivity index (χ1v) is 5.85. The highest BCUT2D eigenvalue weighted by molar-refractivity contribution is 7.80. The van der Waals surface area contributed by atoms with E-state index < -0.39 is 24.9 Å². The number of hydrogen-bond acceptors (Lipinski definition) is 2. The summed E-state index contributed by atoms with van der Waals surface area (Å²) >= 11 is 4.69. The van der Waals surface area contributed by atoms with E-state index >= 15 is 0 Å². The summed E-state index contributed by atoms with van der Waals surface area (Å²) in [6.07, 6.45) is -3.76. The van der Waals surface area contributed by atoms with Gasteiger partial charge in [-0.05, 0) is 12.8 Å². The second-order valence-corrected chi connectivity index (χ2v) is 4.67. The van der Waals surface area contributed by atoms with Crippen molar-refractivity contribution in [2.24, 2.45) is 5.73 Å². The standard InChI is InChI=1S/C10H15F3N2OS/c11-10(12,13)5-3-9(16)15(7-1-2-7)6-4-8(14)17/h7H,1-6H2,(H2,14,17). The number of nitrogens with two attached hydrogens (primary N) is 1. The molecule has 0 saturated heterocycles. The van der Waals surface area contributed by atoms with Crippen LogP contribution in [0.25, 0.3) is 0 Å². The summed E-state index contributed by atoms with van der Waals surface area (Å²) in [5.41, 5.74) is 5.32. The molecule has 1 rings (SSSR count). The Labute approximate surface area is 103 Å². The Bertz CT molecular complexity index is 302. The van der Waals surface area contributed by atoms with Crippen LogP contribution in [0.1, 0.15) is 32.1 Å². The normalized spacial score (nSPS) is 15.7. The van der Waals surface area contributed by atoms with Gasteiger partial charge in [-0.1, -0.05) is 12.2 Å².